The Morgan fingerprint density at radius 2 is 2.03 bits per heavy atom. The minimum atomic E-state index is -4.51. The molecule has 1 aromatic carbocycles. The maximum Gasteiger partial charge on any atom is 0.406 e. The third-order valence-corrected chi connectivity index (χ3v) is 5.85. The maximum absolute atomic E-state index is 13.3. The Labute approximate surface area is 192 Å². The van der Waals surface area contributed by atoms with Crippen LogP contribution in [0.4, 0.5) is 18.9 Å². The molecule has 1 fully saturated rings. The fraction of sp³-hybridized carbons (Fsp3) is 0.409. The van der Waals surface area contributed by atoms with Crippen molar-refractivity contribution in [1.29, 1.82) is 5.26 Å². The monoisotopic (exact) mass is 474 g/mol. The van der Waals surface area contributed by atoms with Crippen LogP contribution in [0.1, 0.15) is 42.4 Å². The lowest BCUT2D eigenvalue weighted by Crippen LogP contribution is -2.51. The van der Waals surface area contributed by atoms with Crippen molar-refractivity contribution in [2.75, 3.05) is 25.0 Å². The largest absolute Gasteiger partial charge is 0.406 e. The highest BCUT2D eigenvalue weighted by Gasteiger charge is 2.45. The molecular formula is C22H21F3N6O3. The minimum absolute atomic E-state index is 0.0724. The molecule has 2 atom stereocenters. The molecule has 2 aliphatic rings. The van der Waals surface area contributed by atoms with Crippen molar-refractivity contribution < 1.29 is 27.6 Å². The summed E-state index contributed by atoms with van der Waals surface area (Å²) in [6, 6.07) is 6.88. The SMILES string of the molecule is CC(=O)Nc1cc(C#N)ccc1-c1cc2n(n1)[C@@H](C)CN(C1CCN(CC(F)(F)F)C1=O)C2=O. The minimum Gasteiger partial charge on any atom is -0.332 e. The first-order valence-electron chi connectivity index (χ1n) is 10.6. The van der Waals surface area contributed by atoms with Gasteiger partial charge in [0.1, 0.15) is 18.3 Å². The molecule has 178 valence electrons. The molecule has 1 aromatic heterocycles. The first kappa shape index (κ1) is 23.3. The van der Waals surface area contributed by atoms with Crippen molar-refractivity contribution in [2.24, 2.45) is 0 Å². The molecule has 9 nitrogen and oxygen atoms in total. The quantitative estimate of drug-likeness (QED) is 0.732. The zero-order chi connectivity index (χ0) is 24.8. The molecule has 2 aromatic rings. The summed E-state index contributed by atoms with van der Waals surface area (Å²) in [5.41, 5.74) is 1.75. The Morgan fingerprint density at radius 1 is 1.29 bits per heavy atom. The molecule has 12 heteroatoms. The van der Waals surface area contributed by atoms with E-state index in [0.29, 0.717) is 22.5 Å². The molecular weight excluding hydrogens is 453 g/mol. The number of anilines is 1. The van der Waals surface area contributed by atoms with E-state index in [9.17, 15) is 27.6 Å². The number of nitrogens with one attached hydrogen (secondary N) is 1. The summed E-state index contributed by atoms with van der Waals surface area (Å²) >= 11 is 0. The highest BCUT2D eigenvalue weighted by Crippen LogP contribution is 2.33. The van der Waals surface area contributed by atoms with Gasteiger partial charge in [0.2, 0.25) is 11.8 Å². The van der Waals surface area contributed by atoms with E-state index in [1.54, 1.807) is 19.1 Å². The second-order valence-corrected chi connectivity index (χ2v) is 8.40. The summed E-state index contributed by atoms with van der Waals surface area (Å²) < 4.78 is 39.8. The lowest BCUT2D eigenvalue weighted by atomic mass is 10.1. The molecule has 3 amide bonds. The summed E-state index contributed by atoms with van der Waals surface area (Å²) in [4.78, 5) is 39.6. The van der Waals surface area contributed by atoms with Crippen LogP contribution in [0.15, 0.2) is 24.3 Å². The van der Waals surface area contributed by atoms with Gasteiger partial charge in [0.15, 0.2) is 0 Å². The number of alkyl halides is 3. The molecule has 4 rings (SSSR count). The molecule has 3 heterocycles. The van der Waals surface area contributed by atoms with Gasteiger partial charge in [0.05, 0.1) is 29.1 Å². The third-order valence-electron chi connectivity index (χ3n) is 5.85. The highest BCUT2D eigenvalue weighted by molar-refractivity contribution is 5.99. The van der Waals surface area contributed by atoms with Crippen LogP contribution in [0.5, 0.6) is 0 Å². The number of amides is 3. The number of nitriles is 1. The first-order chi connectivity index (χ1) is 16.0. The summed E-state index contributed by atoms with van der Waals surface area (Å²) in [7, 11) is 0. The van der Waals surface area contributed by atoms with Gasteiger partial charge >= 0.3 is 6.18 Å². The Bertz CT molecular complexity index is 1220. The molecule has 34 heavy (non-hydrogen) atoms. The van der Waals surface area contributed by atoms with Crippen molar-refractivity contribution in [1.82, 2.24) is 19.6 Å². The molecule has 2 aliphatic heterocycles. The van der Waals surface area contributed by atoms with E-state index < -0.39 is 30.6 Å². The summed E-state index contributed by atoms with van der Waals surface area (Å²) in [6.45, 7) is 1.82. The van der Waals surface area contributed by atoms with E-state index >= 15 is 0 Å². The Balaban J connectivity index is 1.65. The van der Waals surface area contributed by atoms with Crippen LogP contribution in [-0.2, 0) is 9.59 Å². The number of hydrogen-bond donors (Lipinski definition) is 1. The van der Waals surface area contributed by atoms with Gasteiger partial charge in [-0.25, -0.2) is 0 Å². The molecule has 0 aliphatic carbocycles. The number of hydrogen-bond acceptors (Lipinski definition) is 5. The second-order valence-electron chi connectivity index (χ2n) is 8.40. The van der Waals surface area contributed by atoms with Gasteiger partial charge in [-0.1, -0.05) is 0 Å². The fourth-order valence-corrected chi connectivity index (χ4v) is 4.40. The van der Waals surface area contributed by atoms with E-state index in [0.717, 1.165) is 4.90 Å². The molecule has 0 radical (unpaired) electrons. The molecule has 1 unspecified atom stereocenters. The number of benzene rings is 1. The fourth-order valence-electron chi connectivity index (χ4n) is 4.40. The average Bonchev–Trinajstić information content (AvgIpc) is 3.34. The highest BCUT2D eigenvalue weighted by atomic mass is 19.4. The van der Waals surface area contributed by atoms with Gasteiger partial charge in [-0.05, 0) is 37.6 Å². The molecule has 0 bridgehead atoms. The normalized spacial score (nSPS) is 20.4. The number of fused-ring (bicyclic) bond motifs is 1. The standard InChI is InChI=1S/C22H21F3N6O3/c1-12-10-30(18-5-6-29(20(18)33)11-22(23,24)25)21(34)19-8-17(28-31(12)19)15-4-3-14(9-26)7-16(15)27-13(2)32/h3-4,7-8,12,18H,5-6,10-11H2,1-2H3,(H,27,32)/t12-,18?/m0/s1. The van der Waals surface area contributed by atoms with Crippen LogP contribution >= 0.6 is 0 Å². The number of carbonyl (C=O) groups is 3. The van der Waals surface area contributed by atoms with Gasteiger partial charge in [-0.2, -0.15) is 23.5 Å². The van der Waals surface area contributed by atoms with Crippen molar-refractivity contribution in [2.45, 2.75) is 38.5 Å². The molecule has 0 saturated carbocycles. The van der Waals surface area contributed by atoms with Crippen LogP contribution < -0.4 is 5.32 Å². The Hall–Kier alpha value is -3.88. The number of carbonyl (C=O) groups excluding carboxylic acids is 3. The van der Waals surface area contributed by atoms with Crippen LogP contribution in [0, 0.1) is 11.3 Å². The first-order valence-corrected chi connectivity index (χ1v) is 10.6. The zero-order valence-electron chi connectivity index (χ0n) is 18.4. The van der Waals surface area contributed by atoms with E-state index in [-0.39, 0.29) is 37.2 Å². The van der Waals surface area contributed by atoms with Gasteiger partial charge in [0.25, 0.3) is 5.91 Å². The van der Waals surface area contributed by atoms with E-state index in [2.05, 4.69) is 10.4 Å². The smallest absolute Gasteiger partial charge is 0.332 e. The van der Waals surface area contributed by atoms with Crippen LogP contribution in [0.3, 0.4) is 0 Å². The summed E-state index contributed by atoms with van der Waals surface area (Å²) in [5, 5.41) is 16.3. The Morgan fingerprint density at radius 3 is 2.68 bits per heavy atom. The number of nitrogens with zero attached hydrogens (tertiary/aromatic N) is 5. The lowest BCUT2D eigenvalue weighted by Gasteiger charge is -2.35. The van der Waals surface area contributed by atoms with Crippen molar-refractivity contribution in [3.8, 4) is 17.3 Å². The van der Waals surface area contributed by atoms with Crippen molar-refractivity contribution in [3.63, 3.8) is 0 Å². The van der Waals surface area contributed by atoms with Gasteiger partial charge in [0, 0.05) is 25.6 Å². The average molecular weight is 474 g/mol. The maximum atomic E-state index is 13.3. The van der Waals surface area contributed by atoms with Gasteiger partial charge in [-0.15, -0.1) is 0 Å². The van der Waals surface area contributed by atoms with E-state index in [1.807, 2.05) is 6.07 Å². The van der Waals surface area contributed by atoms with Crippen LogP contribution in [0.25, 0.3) is 11.3 Å². The summed E-state index contributed by atoms with van der Waals surface area (Å²) in [5.74, 6) is -1.57. The van der Waals surface area contributed by atoms with Crippen LogP contribution in [-0.4, -0.2) is 69.2 Å². The predicted molar refractivity (Wildman–Crippen MR) is 113 cm³/mol. The number of halogens is 3. The van der Waals surface area contributed by atoms with Gasteiger partial charge in [-0.3, -0.25) is 19.1 Å². The van der Waals surface area contributed by atoms with Crippen LogP contribution in [0.2, 0.25) is 0 Å². The predicted octanol–water partition coefficient (Wildman–Crippen LogP) is 2.56. The number of rotatable bonds is 4. The molecule has 1 N–H and O–H groups in total. The third kappa shape index (κ3) is 4.33. The summed E-state index contributed by atoms with van der Waals surface area (Å²) in [6.07, 6.45) is -4.39. The van der Waals surface area contributed by atoms with Crippen molar-refractivity contribution >= 4 is 23.4 Å². The zero-order valence-corrected chi connectivity index (χ0v) is 18.4. The van der Waals surface area contributed by atoms with E-state index in [1.165, 1.54) is 28.6 Å². The van der Waals surface area contributed by atoms with Crippen molar-refractivity contribution in [3.05, 3.63) is 35.5 Å². The lowest BCUT2D eigenvalue weighted by molar-refractivity contribution is -0.158. The topological polar surface area (TPSA) is 111 Å². The Kier molecular flexibility index (Phi) is 5.80. The van der Waals surface area contributed by atoms with E-state index in [4.69, 9.17) is 5.26 Å². The number of aromatic nitrogens is 2. The molecule has 1 saturated heterocycles. The molecule has 0 spiro atoms. The second kappa shape index (κ2) is 8.48. The number of likely N-dealkylation sites (tertiary alicyclic amines) is 1. The van der Waals surface area contributed by atoms with Gasteiger partial charge < -0.3 is 15.1 Å².